The largest absolute Gasteiger partial charge is 0.481 e. The number of nitrogens with two attached hydrogens (primary N) is 1. The van der Waals surface area contributed by atoms with E-state index in [1.54, 1.807) is 0 Å². The number of fused-ring (bicyclic) bond motifs is 1. The van der Waals surface area contributed by atoms with Crippen molar-refractivity contribution >= 4 is 5.97 Å². The molecule has 0 bridgehead atoms. The van der Waals surface area contributed by atoms with E-state index in [4.69, 9.17) is 10.8 Å². The Hall–Kier alpha value is -0.640. The lowest BCUT2D eigenvalue weighted by molar-refractivity contribution is -0.232. The maximum Gasteiger partial charge on any atom is 0.303 e. The molecule has 98 valence electrons. The van der Waals surface area contributed by atoms with Crippen LogP contribution in [0, 0.1) is 17.3 Å². The van der Waals surface area contributed by atoms with E-state index in [0.717, 1.165) is 19.3 Å². The zero-order valence-electron chi connectivity index (χ0n) is 10.4. The molecule has 4 heteroatoms. The first-order valence-electron chi connectivity index (χ1n) is 6.62. The lowest BCUT2D eigenvalue weighted by atomic mass is 9.40. The SMILES string of the molecule is CCC1C2(F)CCCCC2C1(CN)CC(=O)O. The molecule has 0 spiro atoms. The molecule has 2 aliphatic rings. The first kappa shape index (κ1) is 12.8. The lowest BCUT2D eigenvalue weighted by Gasteiger charge is -2.66. The molecule has 2 fully saturated rings. The molecule has 4 unspecified atom stereocenters. The highest BCUT2D eigenvalue weighted by molar-refractivity contribution is 5.68. The van der Waals surface area contributed by atoms with Crippen molar-refractivity contribution in [3.8, 4) is 0 Å². The molecule has 2 aliphatic carbocycles. The van der Waals surface area contributed by atoms with E-state index < -0.39 is 17.1 Å². The van der Waals surface area contributed by atoms with E-state index in [-0.39, 0.29) is 18.3 Å². The molecule has 0 heterocycles. The Bertz CT molecular complexity index is 313. The number of aliphatic carboxylic acids is 1. The van der Waals surface area contributed by atoms with Crippen LogP contribution in [-0.4, -0.2) is 23.3 Å². The van der Waals surface area contributed by atoms with Gasteiger partial charge in [0.25, 0.3) is 0 Å². The molecule has 2 rings (SSSR count). The summed E-state index contributed by atoms with van der Waals surface area (Å²) in [4.78, 5) is 11.0. The fourth-order valence-electron chi connectivity index (χ4n) is 4.60. The van der Waals surface area contributed by atoms with E-state index in [9.17, 15) is 9.18 Å². The summed E-state index contributed by atoms with van der Waals surface area (Å²) in [5.41, 5.74) is 4.19. The van der Waals surface area contributed by atoms with Crippen molar-refractivity contribution in [3.05, 3.63) is 0 Å². The minimum absolute atomic E-state index is 0.0261. The van der Waals surface area contributed by atoms with E-state index in [1.807, 2.05) is 6.92 Å². The van der Waals surface area contributed by atoms with Crippen molar-refractivity contribution in [2.24, 2.45) is 23.0 Å². The van der Waals surface area contributed by atoms with Crippen molar-refractivity contribution in [2.45, 2.75) is 51.1 Å². The number of rotatable bonds is 4. The van der Waals surface area contributed by atoms with Crippen LogP contribution < -0.4 is 5.73 Å². The minimum atomic E-state index is -1.14. The summed E-state index contributed by atoms with van der Waals surface area (Å²) in [5, 5.41) is 9.05. The van der Waals surface area contributed by atoms with Crippen LogP contribution in [0.2, 0.25) is 0 Å². The van der Waals surface area contributed by atoms with Crippen molar-refractivity contribution in [2.75, 3.05) is 6.54 Å². The summed E-state index contributed by atoms with van der Waals surface area (Å²) >= 11 is 0. The topological polar surface area (TPSA) is 63.3 Å². The quantitative estimate of drug-likeness (QED) is 0.796. The maximum absolute atomic E-state index is 14.9. The molecule has 0 aromatic rings. The van der Waals surface area contributed by atoms with Gasteiger partial charge in [0.1, 0.15) is 5.67 Å². The van der Waals surface area contributed by atoms with Crippen molar-refractivity contribution in [1.29, 1.82) is 0 Å². The maximum atomic E-state index is 14.9. The van der Waals surface area contributed by atoms with Gasteiger partial charge in [-0.3, -0.25) is 4.79 Å². The second-order valence-corrected chi connectivity index (χ2v) is 5.69. The van der Waals surface area contributed by atoms with Crippen molar-refractivity contribution in [1.82, 2.24) is 0 Å². The third kappa shape index (κ3) is 1.60. The third-order valence-corrected chi connectivity index (χ3v) is 5.12. The van der Waals surface area contributed by atoms with Crippen molar-refractivity contribution < 1.29 is 14.3 Å². The second-order valence-electron chi connectivity index (χ2n) is 5.69. The highest BCUT2D eigenvalue weighted by atomic mass is 19.1. The van der Waals surface area contributed by atoms with E-state index in [2.05, 4.69) is 0 Å². The summed E-state index contributed by atoms with van der Waals surface area (Å²) in [6.07, 6.45) is 4.05. The summed E-state index contributed by atoms with van der Waals surface area (Å²) in [7, 11) is 0. The van der Waals surface area contributed by atoms with E-state index >= 15 is 0 Å². The van der Waals surface area contributed by atoms with Crippen LogP contribution in [-0.2, 0) is 4.79 Å². The van der Waals surface area contributed by atoms with Gasteiger partial charge in [0.05, 0.1) is 6.42 Å². The van der Waals surface area contributed by atoms with Crippen LogP contribution >= 0.6 is 0 Å². The molecule has 0 amide bonds. The van der Waals surface area contributed by atoms with Gasteiger partial charge in [0, 0.05) is 17.3 Å². The predicted molar refractivity (Wildman–Crippen MR) is 63.3 cm³/mol. The number of carboxylic acid groups (broad SMARTS) is 1. The Morgan fingerprint density at radius 1 is 1.53 bits per heavy atom. The first-order chi connectivity index (χ1) is 8.01. The predicted octanol–water partition coefficient (Wildman–Crippen LogP) is 2.34. The second kappa shape index (κ2) is 4.23. The Kier molecular flexibility index (Phi) is 3.19. The Labute approximate surface area is 102 Å². The molecule has 17 heavy (non-hydrogen) atoms. The smallest absolute Gasteiger partial charge is 0.303 e. The molecule has 0 aromatic heterocycles. The molecule has 0 radical (unpaired) electrons. The molecule has 3 nitrogen and oxygen atoms in total. The average molecular weight is 243 g/mol. The molecule has 3 N–H and O–H groups in total. The molecule has 4 atom stereocenters. The Morgan fingerprint density at radius 2 is 2.24 bits per heavy atom. The zero-order chi connectivity index (χ0) is 12.7. The fourth-order valence-corrected chi connectivity index (χ4v) is 4.60. The van der Waals surface area contributed by atoms with Gasteiger partial charge in [-0.2, -0.15) is 0 Å². The van der Waals surface area contributed by atoms with Gasteiger partial charge < -0.3 is 10.8 Å². The van der Waals surface area contributed by atoms with Gasteiger partial charge in [0.15, 0.2) is 0 Å². The van der Waals surface area contributed by atoms with Gasteiger partial charge in [-0.05, 0) is 25.8 Å². The van der Waals surface area contributed by atoms with Gasteiger partial charge in [-0.25, -0.2) is 4.39 Å². The molecular formula is C13H22FNO2. The Balaban J connectivity index is 2.28. The van der Waals surface area contributed by atoms with Gasteiger partial charge in [0.2, 0.25) is 0 Å². The molecular weight excluding hydrogens is 221 g/mol. The number of carboxylic acids is 1. The van der Waals surface area contributed by atoms with E-state index in [1.165, 1.54) is 0 Å². The Morgan fingerprint density at radius 3 is 2.76 bits per heavy atom. The molecule has 0 saturated heterocycles. The van der Waals surface area contributed by atoms with Crippen LogP contribution in [0.1, 0.15) is 45.4 Å². The highest BCUT2D eigenvalue weighted by Crippen LogP contribution is 2.68. The van der Waals surface area contributed by atoms with Crippen LogP contribution in [0.4, 0.5) is 4.39 Å². The molecule has 0 aromatic carbocycles. The number of hydrogen-bond acceptors (Lipinski definition) is 2. The number of halogens is 1. The van der Waals surface area contributed by atoms with Gasteiger partial charge in [-0.15, -0.1) is 0 Å². The van der Waals surface area contributed by atoms with Crippen LogP contribution in [0.5, 0.6) is 0 Å². The minimum Gasteiger partial charge on any atom is -0.481 e. The summed E-state index contributed by atoms with van der Waals surface area (Å²) < 4.78 is 14.9. The van der Waals surface area contributed by atoms with Crippen LogP contribution in [0.25, 0.3) is 0 Å². The summed E-state index contributed by atoms with van der Waals surface area (Å²) in [5.74, 6) is -1.14. The van der Waals surface area contributed by atoms with Crippen LogP contribution in [0.3, 0.4) is 0 Å². The number of carbonyl (C=O) groups is 1. The standard InChI is InChI=1S/C13H22FNO2/c1-2-9-12(8-15,7-11(16)17)10-5-3-4-6-13(9,10)14/h9-10H,2-8,15H2,1H3,(H,16,17). The van der Waals surface area contributed by atoms with Gasteiger partial charge >= 0.3 is 5.97 Å². The van der Waals surface area contributed by atoms with E-state index in [0.29, 0.717) is 19.4 Å². The normalized spacial score (nSPS) is 44.9. The monoisotopic (exact) mass is 243 g/mol. The highest BCUT2D eigenvalue weighted by Gasteiger charge is 2.70. The van der Waals surface area contributed by atoms with Crippen molar-refractivity contribution in [3.63, 3.8) is 0 Å². The third-order valence-electron chi connectivity index (χ3n) is 5.12. The summed E-state index contributed by atoms with van der Waals surface area (Å²) in [6.45, 7) is 2.25. The zero-order valence-corrected chi connectivity index (χ0v) is 10.4. The molecule has 0 aliphatic heterocycles. The summed E-state index contributed by atoms with van der Waals surface area (Å²) in [6, 6.07) is 0. The van der Waals surface area contributed by atoms with Crippen LogP contribution in [0.15, 0.2) is 0 Å². The average Bonchev–Trinajstić information content (AvgIpc) is 2.27. The lowest BCUT2D eigenvalue weighted by Crippen LogP contribution is -2.70. The first-order valence-corrected chi connectivity index (χ1v) is 6.62. The van der Waals surface area contributed by atoms with Gasteiger partial charge in [-0.1, -0.05) is 19.8 Å². The molecule has 2 saturated carbocycles. The number of alkyl halides is 1. The fraction of sp³-hybridized carbons (Fsp3) is 0.923. The number of hydrogen-bond donors (Lipinski definition) is 2.